The van der Waals surface area contributed by atoms with Gasteiger partial charge in [0.2, 0.25) is 0 Å². The van der Waals surface area contributed by atoms with Gasteiger partial charge in [0.25, 0.3) is 0 Å². The number of hydrogen-bond acceptors (Lipinski definition) is 8. The number of benzene rings is 1. The molecule has 0 saturated heterocycles. The molecule has 9 nitrogen and oxygen atoms in total. The molecule has 0 spiro atoms. The fraction of sp³-hybridized carbons (Fsp3) is 0.630. The summed E-state index contributed by atoms with van der Waals surface area (Å²) >= 11 is 0. The van der Waals surface area contributed by atoms with E-state index in [0.29, 0.717) is 12.0 Å². The predicted molar refractivity (Wildman–Crippen MR) is 135 cm³/mol. The van der Waals surface area contributed by atoms with Gasteiger partial charge in [-0.25, -0.2) is 0 Å². The maximum absolute atomic E-state index is 12.4. The van der Waals surface area contributed by atoms with Crippen LogP contribution in [-0.2, 0) is 23.9 Å². The van der Waals surface area contributed by atoms with Gasteiger partial charge in [-0.05, 0) is 42.9 Å². The van der Waals surface area contributed by atoms with Crippen LogP contribution in [0.1, 0.15) is 85.6 Å². The van der Waals surface area contributed by atoms with Crippen molar-refractivity contribution in [3.8, 4) is 11.5 Å². The van der Waals surface area contributed by atoms with Crippen molar-refractivity contribution in [2.75, 3.05) is 0 Å². The van der Waals surface area contributed by atoms with Gasteiger partial charge in [-0.2, -0.15) is 0 Å². The highest BCUT2D eigenvalue weighted by atomic mass is 16.6. The third kappa shape index (κ3) is 9.97. The van der Waals surface area contributed by atoms with E-state index in [1.165, 1.54) is 12.1 Å². The largest absolute Gasteiger partial charge is 0.480 e. The van der Waals surface area contributed by atoms with Crippen LogP contribution in [0.2, 0.25) is 0 Å². The fourth-order valence-electron chi connectivity index (χ4n) is 3.75. The number of carboxylic acids is 1. The zero-order valence-electron chi connectivity index (χ0n) is 22.4. The van der Waals surface area contributed by atoms with Crippen LogP contribution in [0.15, 0.2) is 18.2 Å². The summed E-state index contributed by atoms with van der Waals surface area (Å²) < 4.78 is 16.5. The predicted octanol–water partition coefficient (Wildman–Crippen LogP) is 4.45. The molecule has 0 saturated carbocycles. The minimum Gasteiger partial charge on any atom is -0.480 e. The zero-order chi connectivity index (χ0) is 27.6. The van der Waals surface area contributed by atoms with Crippen LogP contribution in [0.5, 0.6) is 11.5 Å². The highest BCUT2D eigenvalue weighted by Crippen LogP contribution is 2.37. The van der Waals surface area contributed by atoms with E-state index in [-0.39, 0.29) is 48.6 Å². The third-order valence-electron chi connectivity index (χ3n) is 5.70. The molecule has 0 aliphatic rings. The van der Waals surface area contributed by atoms with E-state index in [1.807, 2.05) is 34.6 Å². The molecule has 0 aliphatic carbocycles. The van der Waals surface area contributed by atoms with Gasteiger partial charge in [0.15, 0.2) is 11.5 Å². The number of carboxylic acid groups (broad SMARTS) is 1. The van der Waals surface area contributed by atoms with Crippen LogP contribution < -0.4 is 15.2 Å². The Morgan fingerprint density at radius 2 is 1.39 bits per heavy atom. The highest BCUT2D eigenvalue weighted by Gasteiger charge is 2.35. The molecule has 1 aromatic carbocycles. The molecule has 202 valence electrons. The van der Waals surface area contributed by atoms with E-state index in [0.717, 1.165) is 0 Å². The molecule has 4 atom stereocenters. The molecular weight excluding hydrogens is 466 g/mol. The van der Waals surface area contributed by atoms with E-state index in [2.05, 4.69) is 0 Å². The summed E-state index contributed by atoms with van der Waals surface area (Å²) in [6.45, 7) is 12.8. The number of carbonyl (C=O) groups is 4. The number of ether oxygens (including phenoxy) is 3. The smallest absolute Gasteiger partial charge is 0.321 e. The van der Waals surface area contributed by atoms with Crippen molar-refractivity contribution >= 4 is 23.9 Å². The van der Waals surface area contributed by atoms with E-state index in [1.54, 1.807) is 19.9 Å². The van der Waals surface area contributed by atoms with Gasteiger partial charge in [0, 0.05) is 31.1 Å². The Morgan fingerprint density at radius 3 is 1.86 bits per heavy atom. The molecule has 36 heavy (non-hydrogen) atoms. The van der Waals surface area contributed by atoms with Crippen molar-refractivity contribution in [1.29, 1.82) is 0 Å². The van der Waals surface area contributed by atoms with Crippen LogP contribution in [0.25, 0.3) is 0 Å². The lowest BCUT2D eigenvalue weighted by atomic mass is 9.79. The third-order valence-corrected chi connectivity index (χ3v) is 5.70. The molecule has 0 bridgehead atoms. The summed E-state index contributed by atoms with van der Waals surface area (Å²) in [5, 5.41) is 9.69. The first-order valence-electron chi connectivity index (χ1n) is 12.5. The lowest BCUT2D eigenvalue weighted by molar-refractivity contribution is -0.151. The van der Waals surface area contributed by atoms with Gasteiger partial charge in [-0.1, -0.05) is 47.6 Å². The Morgan fingerprint density at radius 1 is 0.861 bits per heavy atom. The number of carbonyl (C=O) groups excluding carboxylic acids is 3. The molecule has 3 unspecified atom stereocenters. The Hall–Kier alpha value is -2.94. The number of nitrogens with two attached hydrogens (primary N) is 1. The summed E-state index contributed by atoms with van der Waals surface area (Å²) in [4.78, 5) is 48.7. The first-order valence-corrected chi connectivity index (χ1v) is 12.5. The molecule has 0 heterocycles. The van der Waals surface area contributed by atoms with Crippen molar-refractivity contribution in [3.05, 3.63) is 23.8 Å². The fourth-order valence-corrected chi connectivity index (χ4v) is 3.75. The topological polar surface area (TPSA) is 142 Å². The van der Waals surface area contributed by atoms with Gasteiger partial charge in [-0.3, -0.25) is 19.2 Å². The summed E-state index contributed by atoms with van der Waals surface area (Å²) in [5.41, 5.74) is 6.53. The average Bonchev–Trinajstić information content (AvgIpc) is 2.74. The Bertz CT molecular complexity index is 911. The van der Waals surface area contributed by atoms with Gasteiger partial charge >= 0.3 is 23.9 Å². The summed E-state index contributed by atoms with van der Waals surface area (Å²) in [6, 6.07) is 3.19. The standard InChI is InChI=1S/C27H41NO8/c1-8-9-22(29)34-18(7)17(6)25(26(28)27(32)33)19-10-11-20(35-23(30)12-15(2)3)21(14-19)36-24(31)13-16(4)5/h10-11,14-18,25-26H,8-9,12-13,28H2,1-7H3,(H,32,33)/t17?,18?,25?,26-/m0/s1. The molecule has 0 aromatic heterocycles. The summed E-state index contributed by atoms with van der Waals surface area (Å²) in [6.07, 6.45) is 0.558. The second-order valence-electron chi connectivity index (χ2n) is 10.0. The molecule has 0 fully saturated rings. The maximum Gasteiger partial charge on any atom is 0.321 e. The first-order chi connectivity index (χ1) is 16.8. The molecule has 0 amide bonds. The maximum atomic E-state index is 12.4. The van der Waals surface area contributed by atoms with E-state index < -0.39 is 41.9 Å². The van der Waals surface area contributed by atoms with Gasteiger partial charge in [-0.15, -0.1) is 0 Å². The number of esters is 3. The summed E-state index contributed by atoms with van der Waals surface area (Å²) in [5.74, 6) is -3.74. The molecule has 1 rings (SSSR count). The van der Waals surface area contributed by atoms with Crippen molar-refractivity contribution in [2.45, 2.75) is 92.2 Å². The highest BCUT2D eigenvalue weighted by molar-refractivity contribution is 5.77. The number of hydrogen-bond donors (Lipinski definition) is 2. The van der Waals surface area contributed by atoms with E-state index in [4.69, 9.17) is 19.9 Å². The zero-order valence-corrected chi connectivity index (χ0v) is 22.4. The van der Waals surface area contributed by atoms with Crippen molar-refractivity contribution in [1.82, 2.24) is 0 Å². The van der Waals surface area contributed by atoms with Crippen molar-refractivity contribution in [3.63, 3.8) is 0 Å². The minimum absolute atomic E-state index is 0.000626. The molecule has 9 heteroatoms. The quantitative estimate of drug-likeness (QED) is 0.276. The summed E-state index contributed by atoms with van der Waals surface area (Å²) in [7, 11) is 0. The Labute approximate surface area is 213 Å². The first kappa shape index (κ1) is 31.1. The number of aliphatic carboxylic acids is 1. The second-order valence-corrected chi connectivity index (χ2v) is 10.0. The SMILES string of the molecule is CCCC(=O)OC(C)C(C)C(c1ccc(OC(=O)CC(C)C)c(OC(=O)CC(C)C)c1)[C@H](N)C(=O)O. The number of rotatable bonds is 14. The molecule has 0 radical (unpaired) electrons. The Kier molecular flexibility index (Phi) is 12.6. The molecular formula is C27H41NO8. The average molecular weight is 508 g/mol. The van der Waals surface area contributed by atoms with E-state index in [9.17, 15) is 24.3 Å². The van der Waals surface area contributed by atoms with Crippen LogP contribution >= 0.6 is 0 Å². The molecule has 0 aliphatic heterocycles. The molecule has 1 aromatic rings. The van der Waals surface area contributed by atoms with Gasteiger partial charge in [0.1, 0.15) is 12.1 Å². The van der Waals surface area contributed by atoms with Crippen LogP contribution in [0.4, 0.5) is 0 Å². The van der Waals surface area contributed by atoms with Gasteiger partial charge in [0.05, 0.1) is 0 Å². The van der Waals surface area contributed by atoms with Crippen molar-refractivity contribution in [2.24, 2.45) is 23.5 Å². The van der Waals surface area contributed by atoms with Gasteiger partial charge < -0.3 is 25.1 Å². The Balaban J connectivity index is 3.44. The molecule has 3 N–H and O–H groups in total. The van der Waals surface area contributed by atoms with E-state index >= 15 is 0 Å². The van der Waals surface area contributed by atoms with Crippen LogP contribution in [0, 0.1) is 17.8 Å². The van der Waals surface area contributed by atoms with Crippen LogP contribution in [0.3, 0.4) is 0 Å². The monoisotopic (exact) mass is 507 g/mol. The lowest BCUT2D eigenvalue weighted by Gasteiger charge is -2.32. The lowest BCUT2D eigenvalue weighted by Crippen LogP contribution is -2.42. The second kappa shape index (κ2) is 14.6. The minimum atomic E-state index is -1.33. The van der Waals surface area contributed by atoms with Crippen molar-refractivity contribution < 1.29 is 38.5 Å². The normalized spacial score (nSPS) is 14.6. The van der Waals surface area contributed by atoms with Crippen LogP contribution in [-0.4, -0.2) is 41.1 Å².